The Bertz CT molecular complexity index is 573. The van der Waals surface area contributed by atoms with Crippen molar-refractivity contribution in [1.82, 2.24) is 4.98 Å². The van der Waals surface area contributed by atoms with Crippen molar-refractivity contribution in [3.8, 4) is 11.6 Å². The number of hydrogen-bond acceptors (Lipinski definition) is 5. The number of aryl methyl sites for hydroxylation is 1. The molecule has 0 aliphatic rings. The Balaban J connectivity index is 1.84. The molecule has 1 aromatic carbocycles. The van der Waals surface area contributed by atoms with E-state index >= 15 is 0 Å². The normalized spacial score (nSPS) is 10.1. The highest BCUT2D eigenvalue weighted by molar-refractivity contribution is 5.61. The molecule has 2 rings (SSSR count). The van der Waals surface area contributed by atoms with Crippen molar-refractivity contribution in [3.63, 3.8) is 0 Å². The summed E-state index contributed by atoms with van der Waals surface area (Å²) in [6, 6.07) is 11.4. The predicted molar refractivity (Wildman–Crippen MR) is 80.4 cm³/mol. The second-order valence-corrected chi connectivity index (χ2v) is 4.38. The highest BCUT2D eigenvalue weighted by Gasteiger charge is 2.02. The predicted octanol–water partition coefficient (Wildman–Crippen LogP) is 2.47. The van der Waals surface area contributed by atoms with Crippen LogP contribution in [0.15, 0.2) is 36.4 Å². The van der Waals surface area contributed by atoms with Crippen LogP contribution in [0.25, 0.3) is 0 Å². The van der Waals surface area contributed by atoms with Crippen LogP contribution >= 0.6 is 0 Å². The van der Waals surface area contributed by atoms with E-state index in [4.69, 9.17) is 15.2 Å². The van der Waals surface area contributed by atoms with Crippen molar-refractivity contribution in [3.05, 3.63) is 42.0 Å². The Morgan fingerprint density at radius 1 is 1.25 bits per heavy atom. The van der Waals surface area contributed by atoms with Gasteiger partial charge in [0.2, 0.25) is 5.88 Å². The van der Waals surface area contributed by atoms with Gasteiger partial charge in [-0.2, -0.15) is 4.98 Å². The van der Waals surface area contributed by atoms with E-state index in [9.17, 15) is 0 Å². The van der Waals surface area contributed by atoms with Crippen LogP contribution in [0.1, 0.15) is 5.56 Å². The van der Waals surface area contributed by atoms with E-state index in [1.165, 1.54) is 5.56 Å². The number of nitrogens with zero attached hydrogens (tertiary/aromatic N) is 1. The van der Waals surface area contributed by atoms with Crippen molar-refractivity contribution in [1.29, 1.82) is 0 Å². The van der Waals surface area contributed by atoms with Crippen molar-refractivity contribution < 1.29 is 9.47 Å². The van der Waals surface area contributed by atoms with Crippen LogP contribution in [0.4, 0.5) is 11.5 Å². The van der Waals surface area contributed by atoms with Gasteiger partial charge in [0, 0.05) is 6.07 Å². The Kier molecular flexibility index (Phi) is 4.65. The largest absolute Gasteiger partial charge is 0.492 e. The summed E-state index contributed by atoms with van der Waals surface area (Å²) < 4.78 is 10.7. The number of rotatable bonds is 6. The van der Waals surface area contributed by atoms with Gasteiger partial charge in [-0.05, 0) is 30.7 Å². The van der Waals surface area contributed by atoms with Crippen molar-refractivity contribution >= 4 is 11.5 Å². The Labute approximate surface area is 118 Å². The number of anilines is 2. The number of aromatic nitrogens is 1. The van der Waals surface area contributed by atoms with Crippen LogP contribution in [-0.4, -0.2) is 25.2 Å². The molecule has 2 aromatic rings. The first-order chi connectivity index (χ1) is 9.69. The Morgan fingerprint density at radius 3 is 2.85 bits per heavy atom. The summed E-state index contributed by atoms with van der Waals surface area (Å²) in [5, 5.41) is 3.13. The second-order valence-electron chi connectivity index (χ2n) is 4.38. The zero-order valence-corrected chi connectivity index (χ0v) is 11.7. The van der Waals surface area contributed by atoms with Gasteiger partial charge in [-0.1, -0.05) is 12.1 Å². The average molecular weight is 273 g/mol. The van der Waals surface area contributed by atoms with Gasteiger partial charge in [0.15, 0.2) is 5.82 Å². The van der Waals surface area contributed by atoms with Crippen LogP contribution in [-0.2, 0) is 0 Å². The molecular formula is C15H19N3O2. The van der Waals surface area contributed by atoms with Crippen LogP contribution in [0.2, 0.25) is 0 Å². The van der Waals surface area contributed by atoms with Crippen molar-refractivity contribution in [2.75, 3.05) is 31.3 Å². The lowest BCUT2D eigenvalue weighted by molar-refractivity contribution is 0.332. The second kappa shape index (κ2) is 6.65. The molecule has 20 heavy (non-hydrogen) atoms. The van der Waals surface area contributed by atoms with Crippen molar-refractivity contribution in [2.45, 2.75) is 6.92 Å². The minimum absolute atomic E-state index is 0.529. The molecule has 0 saturated heterocycles. The van der Waals surface area contributed by atoms with E-state index in [1.807, 2.05) is 31.2 Å². The minimum Gasteiger partial charge on any atom is -0.492 e. The lowest BCUT2D eigenvalue weighted by atomic mass is 10.2. The lowest BCUT2D eigenvalue weighted by Crippen LogP contribution is -2.13. The fourth-order valence-corrected chi connectivity index (χ4v) is 1.75. The van der Waals surface area contributed by atoms with Gasteiger partial charge in [0.1, 0.15) is 12.4 Å². The van der Waals surface area contributed by atoms with Gasteiger partial charge in [0.05, 0.1) is 19.3 Å². The van der Waals surface area contributed by atoms with Crippen LogP contribution in [0, 0.1) is 6.92 Å². The quantitative estimate of drug-likeness (QED) is 0.791. The Hall–Kier alpha value is -2.43. The molecule has 5 heteroatoms. The van der Waals surface area contributed by atoms with Gasteiger partial charge in [-0.3, -0.25) is 0 Å². The number of methoxy groups -OCH3 is 1. The van der Waals surface area contributed by atoms with E-state index in [-0.39, 0.29) is 0 Å². The number of nitrogen functional groups attached to an aromatic ring is 1. The highest BCUT2D eigenvalue weighted by atomic mass is 16.5. The summed E-state index contributed by atoms with van der Waals surface area (Å²) in [5.74, 6) is 2.00. The third-order valence-electron chi connectivity index (χ3n) is 2.76. The van der Waals surface area contributed by atoms with E-state index in [0.717, 1.165) is 5.75 Å². The number of nitrogens with two attached hydrogens (primary N) is 1. The molecule has 1 aromatic heterocycles. The molecule has 0 spiro atoms. The van der Waals surface area contributed by atoms with Gasteiger partial charge in [-0.25, -0.2) is 0 Å². The van der Waals surface area contributed by atoms with Crippen molar-refractivity contribution in [2.24, 2.45) is 0 Å². The van der Waals surface area contributed by atoms with E-state index < -0.39 is 0 Å². The fraction of sp³-hybridized carbons (Fsp3) is 0.267. The first kappa shape index (κ1) is 14.0. The summed E-state index contributed by atoms with van der Waals surface area (Å²) in [7, 11) is 1.57. The van der Waals surface area contributed by atoms with Crippen LogP contribution in [0.3, 0.4) is 0 Å². The van der Waals surface area contributed by atoms with Crippen LogP contribution < -0.4 is 20.5 Å². The number of benzene rings is 1. The van der Waals surface area contributed by atoms with Gasteiger partial charge >= 0.3 is 0 Å². The first-order valence-electron chi connectivity index (χ1n) is 6.43. The van der Waals surface area contributed by atoms with E-state index in [0.29, 0.717) is 30.5 Å². The molecular weight excluding hydrogens is 254 g/mol. The molecule has 0 radical (unpaired) electrons. The molecule has 0 aliphatic carbocycles. The summed E-state index contributed by atoms with van der Waals surface area (Å²) in [4.78, 5) is 4.24. The number of nitrogens with one attached hydrogen (secondary N) is 1. The summed E-state index contributed by atoms with van der Waals surface area (Å²) >= 11 is 0. The molecule has 0 bridgehead atoms. The number of ether oxygens (including phenoxy) is 2. The van der Waals surface area contributed by atoms with Gasteiger partial charge in [0.25, 0.3) is 0 Å². The fourth-order valence-electron chi connectivity index (χ4n) is 1.75. The molecule has 0 amide bonds. The zero-order chi connectivity index (χ0) is 14.4. The summed E-state index contributed by atoms with van der Waals surface area (Å²) in [6.07, 6.45) is 0. The maximum atomic E-state index is 5.84. The molecule has 0 atom stereocenters. The smallest absolute Gasteiger partial charge is 0.215 e. The molecule has 0 fully saturated rings. The van der Waals surface area contributed by atoms with E-state index in [2.05, 4.69) is 10.3 Å². The zero-order valence-electron chi connectivity index (χ0n) is 11.7. The molecule has 0 unspecified atom stereocenters. The summed E-state index contributed by atoms with van der Waals surface area (Å²) in [5.41, 5.74) is 7.60. The maximum Gasteiger partial charge on any atom is 0.215 e. The average Bonchev–Trinajstić information content (AvgIpc) is 2.45. The third-order valence-corrected chi connectivity index (χ3v) is 2.76. The lowest BCUT2D eigenvalue weighted by Gasteiger charge is -2.11. The molecule has 0 aliphatic heterocycles. The molecule has 3 N–H and O–H groups in total. The monoisotopic (exact) mass is 273 g/mol. The number of pyridine rings is 1. The minimum atomic E-state index is 0.529. The first-order valence-corrected chi connectivity index (χ1v) is 6.43. The topological polar surface area (TPSA) is 69.4 Å². The molecule has 106 valence electrons. The highest BCUT2D eigenvalue weighted by Crippen LogP contribution is 2.19. The van der Waals surface area contributed by atoms with Gasteiger partial charge < -0.3 is 20.5 Å². The summed E-state index contributed by atoms with van der Waals surface area (Å²) in [6.45, 7) is 3.17. The third kappa shape index (κ3) is 3.78. The molecule has 1 heterocycles. The van der Waals surface area contributed by atoms with E-state index in [1.54, 1.807) is 19.2 Å². The maximum absolute atomic E-state index is 5.84. The van der Waals surface area contributed by atoms with Gasteiger partial charge in [-0.15, -0.1) is 0 Å². The molecule has 0 saturated carbocycles. The SMILES string of the molecule is COc1ccc(N)c(NCCOc2cccc(C)c2)n1. The molecule has 5 nitrogen and oxygen atoms in total. The number of hydrogen-bond donors (Lipinski definition) is 2. The van der Waals surface area contributed by atoms with Crippen LogP contribution in [0.5, 0.6) is 11.6 Å². The standard InChI is InChI=1S/C15H19N3O2/c1-11-4-3-5-12(10-11)20-9-8-17-15-13(16)6-7-14(18-15)19-2/h3-7,10H,8-9,16H2,1-2H3,(H,17,18). The Morgan fingerprint density at radius 2 is 2.10 bits per heavy atom.